The molecular formula is C22H26N2O5. The zero-order valence-corrected chi connectivity index (χ0v) is 16.5. The van der Waals surface area contributed by atoms with Gasteiger partial charge >= 0.3 is 5.97 Å². The van der Waals surface area contributed by atoms with Crippen LogP contribution in [-0.4, -0.2) is 54.2 Å². The number of ketones is 1. The molecule has 0 aromatic heterocycles. The summed E-state index contributed by atoms with van der Waals surface area (Å²) in [5.74, 6) is -1.16. The van der Waals surface area contributed by atoms with Crippen LogP contribution >= 0.6 is 0 Å². The normalized spacial score (nSPS) is 22.6. The lowest BCUT2D eigenvalue weighted by Gasteiger charge is -2.23. The Kier molecular flexibility index (Phi) is 5.65. The third kappa shape index (κ3) is 4.18. The molecule has 3 aliphatic rings. The highest BCUT2D eigenvalue weighted by Gasteiger charge is 2.39. The summed E-state index contributed by atoms with van der Waals surface area (Å²) in [7, 11) is 0. The molecule has 7 nitrogen and oxygen atoms in total. The number of anilines is 1. The van der Waals surface area contributed by atoms with Crippen LogP contribution in [0.2, 0.25) is 0 Å². The van der Waals surface area contributed by atoms with Gasteiger partial charge in [-0.25, -0.2) is 0 Å². The number of likely N-dealkylation sites (tertiary alicyclic amines) is 1. The Morgan fingerprint density at radius 2 is 1.72 bits per heavy atom. The smallest absolute Gasteiger partial charge is 0.311 e. The predicted octanol–water partition coefficient (Wildman–Crippen LogP) is 2.33. The van der Waals surface area contributed by atoms with E-state index in [1.54, 1.807) is 29.2 Å². The van der Waals surface area contributed by atoms with E-state index in [1.165, 1.54) is 0 Å². The lowest BCUT2D eigenvalue weighted by atomic mass is 10.1. The molecule has 7 heteroatoms. The van der Waals surface area contributed by atoms with E-state index in [0.29, 0.717) is 25.1 Å². The molecule has 3 fully saturated rings. The third-order valence-corrected chi connectivity index (χ3v) is 6.18. The largest absolute Gasteiger partial charge is 0.457 e. The van der Waals surface area contributed by atoms with Gasteiger partial charge in [0.2, 0.25) is 11.8 Å². The topological polar surface area (TPSA) is 84.0 Å². The second-order valence-corrected chi connectivity index (χ2v) is 8.11. The molecule has 1 saturated carbocycles. The van der Waals surface area contributed by atoms with Crippen LogP contribution in [0.1, 0.15) is 55.3 Å². The van der Waals surface area contributed by atoms with Crippen molar-refractivity contribution in [1.29, 1.82) is 0 Å². The molecule has 0 bridgehead atoms. The summed E-state index contributed by atoms with van der Waals surface area (Å²) >= 11 is 0. The number of hydrogen-bond donors (Lipinski definition) is 0. The van der Waals surface area contributed by atoms with Crippen LogP contribution in [0.4, 0.5) is 5.69 Å². The van der Waals surface area contributed by atoms with Crippen LogP contribution in [0.15, 0.2) is 24.3 Å². The molecule has 0 N–H and O–H groups in total. The minimum atomic E-state index is -0.487. The number of ether oxygens (including phenoxy) is 1. The molecule has 154 valence electrons. The Morgan fingerprint density at radius 1 is 1.00 bits per heavy atom. The molecule has 0 unspecified atom stereocenters. The van der Waals surface area contributed by atoms with E-state index >= 15 is 0 Å². The second kappa shape index (κ2) is 8.35. The monoisotopic (exact) mass is 398 g/mol. The van der Waals surface area contributed by atoms with Crippen molar-refractivity contribution in [3.63, 3.8) is 0 Å². The van der Waals surface area contributed by atoms with Crippen LogP contribution in [0.5, 0.6) is 0 Å². The highest BCUT2D eigenvalue weighted by Crippen LogP contribution is 2.30. The molecule has 29 heavy (non-hydrogen) atoms. The van der Waals surface area contributed by atoms with E-state index in [9.17, 15) is 19.2 Å². The Labute approximate surface area is 170 Å². The van der Waals surface area contributed by atoms with Crippen molar-refractivity contribution in [2.45, 2.75) is 51.0 Å². The number of nitrogens with zero attached hydrogens (tertiary/aromatic N) is 2. The first kappa shape index (κ1) is 19.6. The lowest BCUT2D eigenvalue weighted by molar-refractivity contribution is -0.147. The molecule has 4 rings (SSSR count). The van der Waals surface area contributed by atoms with Crippen LogP contribution in [-0.2, 0) is 19.1 Å². The van der Waals surface area contributed by atoms with Crippen molar-refractivity contribution in [1.82, 2.24) is 4.90 Å². The average Bonchev–Trinajstić information content (AvgIpc) is 3.47. The van der Waals surface area contributed by atoms with Gasteiger partial charge < -0.3 is 14.5 Å². The fourth-order valence-corrected chi connectivity index (χ4v) is 4.54. The van der Waals surface area contributed by atoms with E-state index in [0.717, 1.165) is 37.8 Å². The van der Waals surface area contributed by atoms with Crippen LogP contribution in [0.3, 0.4) is 0 Å². The van der Waals surface area contributed by atoms with Gasteiger partial charge in [0.15, 0.2) is 12.4 Å². The van der Waals surface area contributed by atoms with Crippen LogP contribution < -0.4 is 4.90 Å². The van der Waals surface area contributed by atoms with Crippen molar-refractivity contribution in [3.05, 3.63) is 29.8 Å². The summed E-state index contributed by atoms with van der Waals surface area (Å²) in [5.41, 5.74) is 1.21. The Hall–Kier alpha value is -2.70. The number of carbonyl (C=O) groups is 4. The van der Waals surface area contributed by atoms with Gasteiger partial charge in [0.25, 0.3) is 0 Å². The summed E-state index contributed by atoms with van der Waals surface area (Å²) in [5, 5.41) is 0. The summed E-state index contributed by atoms with van der Waals surface area (Å²) in [6.45, 7) is 0.756. The lowest BCUT2D eigenvalue weighted by Crippen LogP contribution is -2.35. The van der Waals surface area contributed by atoms with Crippen molar-refractivity contribution in [2.75, 3.05) is 24.6 Å². The van der Waals surface area contributed by atoms with Gasteiger partial charge in [-0.2, -0.15) is 0 Å². The fourth-order valence-electron chi connectivity index (χ4n) is 4.54. The molecule has 0 radical (unpaired) electrons. The van der Waals surface area contributed by atoms with E-state index in [1.807, 2.05) is 4.90 Å². The standard InChI is InChI=1S/C22H26N2O5/c25-19(15-7-9-18(10-8-15)23-11-3-6-20(23)26)14-29-22(28)16-12-21(27)24(13-16)17-4-1-2-5-17/h7-10,16-17H,1-6,11-14H2/t16-/m1/s1. The average molecular weight is 398 g/mol. The van der Waals surface area contributed by atoms with Crippen molar-refractivity contribution < 1.29 is 23.9 Å². The molecule has 1 aromatic rings. The van der Waals surface area contributed by atoms with E-state index in [2.05, 4.69) is 0 Å². The van der Waals surface area contributed by atoms with E-state index in [-0.39, 0.29) is 36.7 Å². The number of benzene rings is 1. The molecule has 2 saturated heterocycles. The minimum absolute atomic E-state index is 0.0113. The van der Waals surface area contributed by atoms with Gasteiger partial charge in [0, 0.05) is 43.2 Å². The van der Waals surface area contributed by atoms with Gasteiger partial charge in [-0.1, -0.05) is 12.8 Å². The highest BCUT2D eigenvalue weighted by atomic mass is 16.5. The number of Topliss-reactive ketones (excluding diaryl/α,β-unsaturated/α-hetero) is 1. The number of rotatable bonds is 6. The maximum Gasteiger partial charge on any atom is 0.311 e. The molecule has 2 heterocycles. The first-order valence-electron chi connectivity index (χ1n) is 10.4. The zero-order chi connectivity index (χ0) is 20.4. The van der Waals surface area contributed by atoms with E-state index < -0.39 is 11.9 Å². The minimum Gasteiger partial charge on any atom is -0.457 e. The van der Waals surface area contributed by atoms with Gasteiger partial charge in [0.05, 0.1) is 5.92 Å². The van der Waals surface area contributed by atoms with Crippen molar-refractivity contribution >= 4 is 29.3 Å². The Bertz CT molecular complexity index is 813. The zero-order valence-electron chi connectivity index (χ0n) is 16.5. The van der Waals surface area contributed by atoms with Crippen molar-refractivity contribution in [3.8, 4) is 0 Å². The predicted molar refractivity (Wildman–Crippen MR) is 105 cm³/mol. The van der Waals surface area contributed by atoms with Gasteiger partial charge in [-0.3, -0.25) is 19.2 Å². The maximum atomic E-state index is 12.4. The first-order valence-corrected chi connectivity index (χ1v) is 10.4. The number of amides is 2. The summed E-state index contributed by atoms with van der Waals surface area (Å²) < 4.78 is 5.22. The molecule has 1 aromatic carbocycles. The molecule has 2 amide bonds. The molecule has 1 atom stereocenters. The summed E-state index contributed by atoms with van der Waals surface area (Å²) in [4.78, 5) is 52.3. The summed E-state index contributed by atoms with van der Waals surface area (Å²) in [6.07, 6.45) is 5.83. The van der Waals surface area contributed by atoms with Crippen LogP contribution in [0.25, 0.3) is 0 Å². The Balaban J connectivity index is 1.28. The maximum absolute atomic E-state index is 12.4. The molecule has 2 aliphatic heterocycles. The van der Waals surface area contributed by atoms with Crippen molar-refractivity contribution in [2.24, 2.45) is 5.92 Å². The summed E-state index contributed by atoms with van der Waals surface area (Å²) in [6, 6.07) is 7.04. The highest BCUT2D eigenvalue weighted by molar-refractivity contribution is 6.00. The number of carbonyl (C=O) groups excluding carboxylic acids is 4. The van der Waals surface area contributed by atoms with Gasteiger partial charge in [0.1, 0.15) is 0 Å². The SMILES string of the molecule is O=C(COC(=O)[C@@H]1CC(=O)N(C2CCCC2)C1)c1ccc(N2CCCC2=O)cc1. The first-order chi connectivity index (χ1) is 14.0. The van der Waals surface area contributed by atoms with E-state index in [4.69, 9.17) is 4.74 Å². The molecular weight excluding hydrogens is 372 g/mol. The Morgan fingerprint density at radius 3 is 2.38 bits per heavy atom. The number of hydrogen-bond acceptors (Lipinski definition) is 5. The number of esters is 1. The van der Waals surface area contributed by atoms with Gasteiger partial charge in [-0.15, -0.1) is 0 Å². The second-order valence-electron chi connectivity index (χ2n) is 8.11. The van der Waals surface area contributed by atoms with Gasteiger partial charge in [-0.05, 0) is 43.5 Å². The third-order valence-electron chi connectivity index (χ3n) is 6.18. The quantitative estimate of drug-likeness (QED) is 0.542. The fraction of sp³-hybridized carbons (Fsp3) is 0.545. The molecule has 0 spiro atoms. The molecule has 1 aliphatic carbocycles. The van der Waals surface area contributed by atoms with Crippen LogP contribution in [0, 0.1) is 5.92 Å².